The highest BCUT2D eigenvalue weighted by Gasteiger charge is 2.25. The number of sulfonamides is 1. The SMILES string of the molecule is Cc1noc(C)c1S(=O)(=O)Nc1ccc(NC2CC2)nn1. The minimum Gasteiger partial charge on any atom is -0.366 e. The van der Waals surface area contributed by atoms with Crippen molar-refractivity contribution in [3.63, 3.8) is 0 Å². The summed E-state index contributed by atoms with van der Waals surface area (Å²) in [6, 6.07) is 3.72. The molecule has 0 atom stereocenters. The van der Waals surface area contributed by atoms with Gasteiger partial charge in [0.05, 0.1) is 0 Å². The van der Waals surface area contributed by atoms with Crippen LogP contribution in [0.25, 0.3) is 0 Å². The Kier molecular flexibility index (Phi) is 3.28. The number of nitrogens with one attached hydrogen (secondary N) is 2. The lowest BCUT2D eigenvalue weighted by molar-refractivity contribution is 0.390. The molecule has 8 nitrogen and oxygen atoms in total. The molecule has 0 bridgehead atoms. The Morgan fingerprint density at radius 1 is 1.19 bits per heavy atom. The second kappa shape index (κ2) is 4.99. The number of nitrogens with zero attached hydrogens (tertiary/aromatic N) is 3. The van der Waals surface area contributed by atoms with Crippen molar-refractivity contribution >= 4 is 21.7 Å². The molecule has 2 heterocycles. The van der Waals surface area contributed by atoms with Crippen molar-refractivity contribution in [2.24, 2.45) is 0 Å². The zero-order chi connectivity index (χ0) is 15.0. The standard InChI is InChI=1S/C12H15N5O3S/c1-7-12(8(2)20-16-7)21(18,19)17-11-6-5-10(14-15-11)13-9-3-4-9/h5-6,9H,3-4H2,1-2H3,(H,13,14)(H,15,17). The number of aromatic nitrogens is 3. The molecule has 0 unspecified atom stereocenters. The van der Waals surface area contributed by atoms with Crippen molar-refractivity contribution < 1.29 is 12.9 Å². The third-order valence-electron chi connectivity index (χ3n) is 3.07. The fraction of sp³-hybridized carbons (Fsp3) is 0.417. The molecular formula is C12H15N5O3S. The van der Waals surface area contributed by atoms with Gasteiger partial charge in [-0.05, 0) is 38.8 Å². The molecule has 0 spiro atoms. The topological polar surface area (TPSA) is 110 Å². The minimum atomic E-state index is -3.78. The molecule has 1 fully saturated rings. The largest absolute Gasteiger partial charge is 0.366 e. The van der Waals surface area contributed by atoms with E-state index in [2.05, 4.69) is 25.4 Å². The van der Waals surface area contributed by atoms with E-state index in [9.17, 15) is 8.42 Å². The maximum absolute atomic E-state index is 12.3. The number of aryl methyl sites for hydroxylation is 2. The molecule has 0 saturated heterocycles. The van der Waals surface area contributed by atoms with Crippen LogP contribution in [0.15, 0.2) is 21.6 Å². The highest BCUT2D eigenvalue weighted by atomic mass is 32.2. The molecule has 9 heteroatoms. The average molecular weight is 309 g/mol. The first-order valence-corrected chi connectivity index (χ1v) is 8.00. The molecule has 21 heavy (non-hydrogen) atoms. The van der Waals surface area contributed by atoms with E-state index >= 15 is 0 Å². The normalized spacial score (nSPS) is 15.0. The van der Waals surface area contributed by atoms with E-state index in [-0.39, 0.29) is 16.5 Å². The molecule has 1 saturated carbocycles. The van der Waals surface area contributed by atoms with E-state index in [4.69, 9.17) is 4.52 Å². The summed E-state index contributed by atoms with van der Waals surface area (Å²) in [6.45, 7) is 3.11. The fourth-order valence-electron chi connectivity index (χ4n) is 1.95. The van der Waals surface area contributed by atoms with E-state index in [1.54, 1.807) is 26.0 Å². The Hall–Kier alpha value is -2.16. The van der Waals surface area contributed by atoms with Crippen LogP contribution in [0, 0.1) is 13.8 Å². The zero-order valence-corrected chi connectivity index (χ0v) is 12.4. The van der Waals surface area contributed by atoms with Crippen molar-refractivity contribution in [1.82, 2.24) is 15.4 Å². The van der Waals surface area contributed by atoms with Crippen LogP contribution in [0.3, 0.4) is 0 Å². The number of rotatable bonds is 5. The first-order chi connectivity index (χ1) is 9.95. The second-order valence-corrected chi connectivity index (χ2v) is 6.60. The highest BCUT2D eigenvalue weighted by molar-refractivity contribution is 7.92. The van der Waals surface area contributed by atoms with Gasteiger partial charge in [-0.3, -0.25) is 4.72 Å². The van der Waals surface area contributed by atoms with Gasteiger partial charge in [-0.15, -0.1) is 10.2 Å². The van der Waals surface area contributed by atoms with E-state index in [0.29, 0.717) is 17.6 Å². The molecule has 3 rings (SSSR count). The Morgan fingerprint density at radius 3 is 2.38 bits per heavy atom. The van der Waals surface area contributed by atoms with Crippen LogP contribution >= 0.6 is 0 Å². The Morgan fingerprint density at radius 2 is 1.86 bits per heavy atom. The monoisotopic (exact) mass is 309 g/mol. The molecule has 0 aliphatic heterocycles. The summed E-state index contributed by atoms with van der Waals surface area (Å²) < 4.78 is 31.8. The molecular weight excluding hydrogens is 294 g/mol. The van der Waals surface area contributed by atoms with Crippen LogP contribution in [-0.4, -0.2) is 29.8 Å². The van der Waals surface area contributed by atoms with Crippen molar-refractivity contribution in [1.29, 1.82) is 0 Å². The number of hydrogen-bond acceptors (Lipinski definition) is 7. The highest BCUT2D eigenvalue weighted by Crippen LogP contribution is 2.24. The van der Waals surface area contributed by atoms with Gasteiger partial charge >= 0.3 is 0 Å². The van der Waals surface area contributed by atoms with Crippen LogP contribution in [0.1, 0.15) is 24.3 Å². The molecule has 0 aromatic carbocycles. The molecule has 112 valence electrons. The molecule has 2 aromatic rings. The third kappa shape index (κ3) is 2.97. The summed E-state index contributed by atoms with van der Waals surface area (Å²) >= 11 is 0. The molecule has 0 amide bonds. The van der Waals surface area contributed by atoms with Gasteiger partial charge in [0.2, 0.25) is 0 Å². The molecule has 2 aromatic heterocycles. The summed E-state index contributed by atoms with van der Waals surface area (Å²) in [5, 5.41) is 14.6. The van der Waals surface area contributed by atoms with Crippen molar-refractivity contribution in [3.8, 4) is 0 Å². The summed E-state index contributed by atoms with van der Waals surface area (Å²) in [7, 11) is -3.78. The van der Waals surface area contributed by atoms with Gasteiger partial charge in [-0.25, -0.2) is 8.42 Å². The fourth-order valence-corrected chi connectivity index (χ4v) is 3.28. The second-order valence-electron chi connectivity index (χ2n) is 4.98. The quantitative estimate of drug-likeness (QED) is 0.860. The summed E-state index contributed by atoms with van der Waals surface area (Å²) in [6.07, 6.45) is 2.25. The van der Waals surface area contributed by atoms with Crippen molar-refractivity contribution in [2.75, 3.05) is 10.0 Å². The summed E-state index contributed by atoms with van der Waals surface area (Å²) in [5.41, 5.74) is 0.306. The van der Waals surface area contributed by atoms with Gasteiger partial charge in [0.15, 0.2) is 16.5 Å². The van der Waals surface area contributed by atoms with Crippen molar-refractivity contribution in [2.45, 2.75) is 37.6 Å². The van der Waals surface area contributed by atoms with Gasteiger partial charge < -0.3 is 9.84 Å². The molecule has 2 N–H and O–H groups in total. The van der Waals surface area contributed by atoms with Gasteiger partial charge in [0.25, 0.3) is 10.0 Å². The predicted molar refractivity (Wildman–Crippen MR) is 75.5 cm³/mol. The first-order valence-electron chi connectivity index (χ1n) is 6.51. The van der Waals surface area contributed by atoms with E-state index in [1.165, 1.54) is 0 Å². The van der Waals surface area contributed by atoms with Crippen LogP contribution in [0.4, 0.5) is 11.6 Å². The van der Waals surface area contributed by atoms with Crippen LogP contribution in [0.5, 0.6) is 0 Å². The van der Waals surface area contributed by atoms with Crippen LogP contribution in [0.2, 0.25) is 0 Å². The Labute approximate surface area is 122 Å². The van der Waals surface area contributed by atoms with Crippen LogP contribution in [-0.2, 0) is 10.0 Å². The molecule has 1 aliphatic rings. The summed E-state index contributed by atoms with van der Waals surface area (Å²) in [4.78, 5) is 0.0319. The smallest absolute Gasteiger partial charge is 0.268 e. The van der Waals surface area contributed by atoms with Gasteiger partial charge in [0.1, 0.15) is 11.5 Å². The van der Waals surface area contributed by atoms with E-state index in [1.807, 2.05) is 0 Å². The average Bonchev–Trinajstić information content (AvgIpc) is 3.16. The molecule has 1 aliphatic carbocycles. The minimum absolute atomic E-state index is 0.0319. The lowest BCUT2D eigenvalue weighted by atomic mass is 10.4. The lowest BCUT2D eigenvalue weighted by Gasteiger charge is -2.07. The van der Waals surface area contributed by atoms with Gasteiger partial charge in [-0.2, -0.15) is 0 Å². The van der Waals surface area contributed by atoms with Gasteiger partial charge in [0, 0.05) is 6.04 Å². The van der Waals surface area contributed by atoms with E-state index < -0.39 is 10.0 Å². The maximum Gasteiger partial charge on any atom is 0.268 e. The van der Waals surface area contributed by atoms with Gasteiger partial charge in [-0.1, -0.05) is 5.16 Å². The van der Waals surface area contributed by atoms with Crippen molar-refractivity contribution in [3.05, 3.63) is 23.6 Å². The molecule has 0 radical (unpaired) electrons. The van der Waals surface area contributed by atoms with Crippen LogP contribution < -0.4 is 10.0 Å². The lowest BCUT2D eigenvalue weighted by Crippen LogP contribution is -2.16. The zero-order valence-electron chi connectivity index (χ0n) is 11.6. The maximum atomic E-state index is 12.3. The van der Waals surface area contributed by atoms with E-state index in [0.717, 1.165) is 12.8 Å². The number of anilines is 2. The number of hydrogen-bond donors (Lipinski definition) is 2. The first kappa shape index (κ1) is 13.8. The predicted octanol–water partition coefficient (Wildman–Crippen LogP) is 1.46. The third-order valence-corrected chi connectivity index (χ3v) is 4.67. The Balaban J connectivity index is 1.78. The summed E-state index contributed by atoms with van der Waals surface area (Å²) in [5.74, 6) is 1.02. The Bertz CT molecular complexity index is 730.